The molecule has 1 aromatic carbocycles. The number of carbonyl (C=O) groups is 1. The third kappa shape index (κ3) is 2.30. The van der Waals surface area contributed by atoms with E-state index in [2.05, 4.69) is 5.32 Å². The van der Waals surface area contributed by atoms with Crippen LogP contribution in [0.4, 0.5) is 4.39 Å². The summed E-state index contributed by atoms with van der Waals surface area (Å²) < 4.78 is 13.3. The summed E-state index contributed by atoms with van der Waals surface area (Å²) in [4.78, 5) is 12.0. The molecule has 1 saturated heterocycles. The number of rotatable bonds is 2. The van der Waals surface area contributed by atoms with Gasteiger partial charge < -0.3 is 5.32 Å². The average Bonchev–Trinajstić information content (AvgIpc) is 2.33. The quantitative estimate of drug-likeness (QED) is 0.777. The van der Waals surface area contributed by atoms with Crippen LogP contribution >= 0.6 is 0 Å². The summed E-state index contributed by atoms with van der Waals surface area (Å²) in [6.07, 6.45) is 3.04. The molecule has 1 N–H and O–H groups in total. The Balaban J connectivity index is 2.16. The van der Waals surface area contributed by atoms with Crippen LogP contribution in [0.5, 0.6) is 0 Å². The lowest BCUT2D eigenvalue weighted by molar-refractivity contribution is 0.0926. The van der Waals surface area contributed by atoms with Crippen LogP contribution in [0.2, 0.25) is 0 Å². The summed E-state index contributed by atoms with van der Waals surface area (Å²) in [6.45, 7) is 2.58. The lowest BCUT2D eigenvalue weighted by Gasteiger charge is -2.22. The van der Waals surface area contributed by atoms with Crippen LogP contribution in [-0.4, -0.2) is 18.4 Å². The third-order valence-electron chi connectivity index (χ3n) is 3.08. The number of halogens is 1. The van der Waals surface area contributed by atoms with Gasteiger partial charge in [0.2, 0.25) is 0 Å². The fraction of sp³-hybridized carbons (Fsp3) is 0.462. The topological polar surface area (TPSA) is 29.1 Å². The summed E-state index contributed by atoms with van der Waals surface area (Å²) in [5, 5.41) is 3.18. The van der Waals surface area contributed by atoms with Crippen molar-refractivity contribution in [2.24, 2.45) is 0 Å². The molecular formula is C13H16FNO. The van der Waals surface area contributed by atoms with Crippen LogP contribution < -0.4 is 5.32 Å². The molecule has 1 unspecified atom stereocenters. The molecule has 0 amide bonds. The highest BCUT2D eigenvalue weighted by Crippen LogP contribution is 2.15. The number of carbonyl (C=O) groups excluding carboxylic acids is 1. The zero-order valence-corrected chi connectivity index (χ0v) is 9.42. The number of benzene rings is 1. The number of piperidine rings is 1. The maximum Gasteiger partial charge on any atom is 0.179 e. The molecule has 3 heteroatoms. The van der Waals surface area contributed by atoms with E-state index in [0.717, 1.165) is 25.8 Å². The summed E-state index contributed by atoms with van der Waals surface area (Å²) in [7, 11) is 0. The van der Waals surface area contributed by atoms with Gasteiger partial charge in [-0.05, 0) is 37.9 Å². The Morgan fingerprint density at radius 3 is 2.88 bits per heavy atom. The van der Waals surface area contributed by atoms with Crippen LogP contribution in [0.15, 0.2) is 18.2 Å². The number of hydrogen-bond acceptors (Lipinski definition) is 2. The zero-order valence-electron chi connectivity index (χ0n) is 9.42. The molecule has 1 aromatic rings. The molecule has 0 bridgehead atoms. The van der Waals surface area contributed by atoms with Crippen LogP contribution in [0.1, 0.15) is 35.2 Å². The molecule has 1 heterocycles. The van der Waals surface area contributed by atoms with Crippen LogP contribution in [-0.2, 0) is 0 Å². The van der Waals surface area contributed by atoms with Crippen molar-refractivity contribution in [3.63, 3.8) is 0 Å². The van der Waals surface area contributed by atoms with E-state index in [4.69, 9.17) is 0 Å². The Kier molecular flexibility index (Phi) is 3.34. The minimum atomic E-state index is -0.304. The molecule has 2 nitrogen and oxygen atoms in total. The van der Waals surface area contributed by atoms with E-state index in [0.29, 0.717) is 11.1 Å². The molecule has 1 aliphatic rings. The van der Waals surface area contributed by atoms with E-state index >= 15 is 0 Å². The Bertz CT molecular complexity index is 397. The van der Waals surface area contributed by atoms with Crippen molar-refractivity contribution in [1.82, 2.24) is 5.32 Å². The summed E-state index contributed by atoms with van der Waals surface area (Å²) in [6, 6.07) is 4.58. The van der Waals surface area contributed by atoms with Crippen LogP contribution in [0.25, 0.3) is 0 Å². The predicted octanol–water partition coefficient (Wildman–Crippen LogP) is 2.46. The van der Waals surface area contributed by atoms with Crippen molar-refractivity contribution < 1.29 is 9.18 Å². The van der Waals surface area contributed by atoms with Crippen LogP contribution in [0, 0.1) is 12.7 Å². The number of hydrogen-bond donors (Lipinski definition) is 1. The van der Waals surface area contributed by atoms with E-state index in [1.54, 1.807) is 19.1 Å². The van der Waals surface area contributed by atoms with Gasteiger partial charge in [0.05, 0.1) is 6.04 Å². The highest BCUT2D eigenvalue weighted by atomic mass is 19.1. The molecule has 2 rings (SSSR count). The molecule has 0 spiro atoms. The summed E-state index contributed by atoms with van der Waals surface area (Å²) >= 11 is 0. The molecule has 1 aliphatic heterocycles. The van der Waals surface area contributed by atoms with Gasteiger partial charge in [-0.2, -0.15) is 0 Å². The Labute approximate surface area is 94.9 Å². The fourth-order valence-electron chi connectivity index (χ4n) is 2.02. The molecule has 0 saturated carbocycles. The highest BCUT2D eigenvalue weighted by molar-refractivity contribution is 6.00. The van der Waals surface area contributed by atoms with E-state index < -0.39 is 0 Å². The number of ketones is 1. The van der Waals surface area contributed by atoms with Crippen molar-refractivity contribution in [3.8, 4) is 0 Å². The van der Waals surface area contributed by atoms with Crippen molar-refractivity contribution >= 4 is 5.78 Å². The molecular weight excluding hydrogens is 205 g/mol. The highest BCUT2D eigenvalue weighted by Gasteiger charge is 2.22. The summed E-state index contributed by atoms with van der Waals surface area (Å²) in [5.41, 5.74) is 1.05. The number of Topliss-reactive ketones (excluding diaryl/α,β-unsaturated/α-hetero) is 1. The minimum absolute atomic E-state index is 0.0126. The average molecular weight is 221 g/mol. The second-order valence-electron chi connectivity index (χ2n) is 4.33. The molecule has 0 aliphatic carbocycles. The first-order chi connectivity index (χ1) is 7.68. The number of nitrogens with one attached hydrogen (secondary N) is 1. The molecule has 0 aromatic heterocycles. The Morgan fingerprint density at radius 2 is 2.25 bits per heavy atom. The second-order valence-corrected chi connectivity index (χ2v) is 4.33. The normalized spacial score (nSPS) is 20.8. The molecule has 1 atom stereocenters. The minimum Gasteiger partial charge on any atom is -0.307 e. The van der Waals surface area contributed by atoms with Gasteiger partial charge in [-0.3, -0.25) is 4.79 Å². The molecule has 86 valence electrons. The van der Waals surface area contributed by atoms with E-state index in [9.17, 15) is 9.18 Å². The first-order valence-electron chi connectivity index (χ1n) is 5.72. The van der Waals surface area contributed by atoms with Gasteiger partial charge in [0.15, 0.2) is 5.78 Å². The summed E-state index contributed by atoms with van der Waals surface area (Å²) in [5.74, 6) is -0.291. The van der Waals surface area contributed by atoms with Gasteiger partial charge in [0.25, 0.3) is 0 Å². The smallest absolute Gasteiger partial charge is 0.179 e. The Hall–Kier alpha value is -1.22. The maximum atomic E-state index is 13.3. The van der Waals surface area contributed by atoms with Crippen molar-refractivity contribution in [2.45, 2.75) is 32.2 Å². The molecule has 16 heavy (non-hydrogen) atoms. The molecule has 0 radical (unpaired) electrons. The fourth-order valence-corrected chi connectivity index (χ4v) is 2.02. The number of aryl methyl sites for hydroxylation is 1. The van der Waals surface area contributed by atoms with Gasteiger partial charge in [0.1, 0.15) is 5.82 Å². The van der Waals surface area contributed by atoms with Gasteiger partial charge >= 0.3 is 0 Å². The first kappa shape index (κ1) is 11.3. The van der Waals surface area contributed by atoms with E-state index in [-0.39, 0.29) is 17.6 Å². The van der Waals surface area contributed by atoms with Crippen molar-refractivity contribution in [2.75, 3.05) is 6.54 Å². The lowest BCUT2D eigenvalue weighted by Crippen LogP contribution is -2.40. The zero-order chi connectivity index (χ0) is 11.5. The first-order valence-corrected chi connectivity index (χ1v) is 5.72. The molecule has 1 fully saturated rings. The predicted molar refractivity (Wildman–Crippen MR) is 61.1 cm³/mol. The van der Waals surface area contributed by atoms with E-state index in [1.807, 2.05) is 0 Å². The van der Waals surface area contributed by atoms with Gasteiger partial charge in [0, 0.05) is 5.56 Å². The van der Waals surface area contributed by atoms with Gasteiger partial charge in [-0.25, -0.2) is 4.39 Å². The SMILES string of the molecule is Cc1ccc(C(=O)C2CCCCN2)cc1F. The van der Waals surface area contributed by atoms with E-state index in [1.165, 1.54) is 6.07 Å². The largest absolute Gasteiger partial charge is 0.307 e. The lowest BCUT2D eigenvalue weighted by atomic mass is 9.96. The standard InChI is InChI=1S/C13H16FNO/c1-9-5-6-10(8-11(9)14)13(16)12-4-2-3-7-15-12/h5-6,8,12,15H,2-4,7H2,1H3. The monoisotopic (exact) mass is 221 g/mol. The third-order valence-corrected chi connectivity index (χ3v) is 3.08. The van der Waals surface area contributed by atoms with Gasteiger partial charge in [-0.15, -0.1) is 0 Å². The maximum absolute atomic E-state index is 13.3. The van der Waals surface area contributed by atoms with Crippen LogP contribution in [0.3, 0.4) is 0 Å². The Morgan fingerprint density at radius 1 is 1.44 bits per heavy atom. The second kappa shape index (κ2) is 4.74. The van der Waals surface area contributed by atoms with Crippen molar-refractivity contribution in [1.29, 1.82) is 0 Å². The van der Waals surface area contributed by atoms with Gasteiger partial charge in [-0.1, -0.05) is 18.6 Å². The van der Waals surface area contributed by atoms with Crippen molar-refractivity contribution in [3.05, 3.63) is 35.1 Å².